The van der Waals surface area contributed by atoms with Crippen molar-refractivity contribution < 1.29 is 23.7 Å². The van der Waals surface area contributed by atoms with Crippen molar-refractivity contribution in [3.8, 4) is 11.5 Å². The van der Waals surface area contributed by atoms with Crippen LogP contribution < -0.4 is 9.47 Å². The number of hydrogen-bond acceptors (Lipinski definition) is 7. The lowest BCUT2D eigenvalue weighted by Crippen LogP contribution is -2.44. The number of hydrogen-bond donors (Lipinski definition) is 0. The molecule has 1 aliphatic carbocycles. The van der Waals surface area contributed by atoms with Crippen LogP contribution in [-0.4, -0.2) is 18.4 Å². The van der Waals surface area contributed by atoms with E-state index >= 15 is 0 Å². The molecule has 6 atom stereocenters. The van der Waals surface area contributed by atoms with Crippen LogP contribution in [-0.2, 0) is 38.0 Å². The fourth-order valence-corrected chi connectivity index (χ4v) is 12.3. The van der Waals surface area contributed by atoms with Gasteiger partial charge in [-0.15, -0.1) is 23.5 Å². The maximum Gasteiger partial charge on any atom is 0.312 e. The van der Waals surface area contributed by atoms with Gasteiger partial charge in [-0.2, -0.15) is 0 Å². The molecule has 0 aromatic heterocycles. The first-order valence-corrected chi connectivity index (χ1v) is 23.3. The highest BCUT2D eigenvalue weighted by atomic mass is 32.2. The molecular weight excluding hydrogens is 793 g/mol. The number of ether oxygens (including phenoxy) is 4. The van der Waals surface area contributed by atoms with Crippen molar-refractivity contribution in [1.29, 1.82) is 0 Å². The van der Waals surface area contributed by atoms with Gasteiger partial charge in [0.1, 0.15) is 28.8 Å². The van der Waals surface area contributed by atoms with E-state index in [1.165, 1.54) is 6.42 Å². The van der Waals surface area contributed by atoms with Gasteiger partial charge in [0.05, 0.1) is 17.9 Å². The van der Waals surface area contributed by atoms with Crippen LogP contribution in [0.4, 0.5) is 0 Å². The SMILES string of the molecule is CC(C)[C@@H]1CC[C@@H](C)C[C@H]1O[C@@H]1OC(=O)[C@H](Cc2cccc(OCc3ccccc3)c2)[C@H]1C(Sc1ccccc1)(Sc1ccccc1)c1cccc(OCc2ccccc2)c1. The second-order valence-electron chi connectivity index (χ2n) is 16.9. The second-order valence-corrected chi connectivity index (χ2v) is 19.8. The third-order valence-corrected chi connectivity index (χ3v) is 15.2. The van der Waals surface area contributed by atoms with E-state index in [-0.39, 0.29) is 12.1 Å². The van der Waals surface area contributed by atoms with E-state index in [0.29, 0.717) is 37.4 Å². The monoisotopic (exact) mass is 848 g/mol. The molecule has 6 aromatic rings. The van der Waals surface area contributed by atoms with E-state index < -0.39 is 22.2 Å². The maximum atomic E-state index is 14.8. The number of carbonyl (C=O) groups is 1. The predicted octanol–water partition coefficient (Wildman–Crippen LogP) is 13.4. The highest BCUT2D eigenvalue weighted by molar-refractivity contribution is 8.17. The normalized spacial score (nSPS) is 21.5. The first-order valence-electron chi connectivity index (χ1n) is 21.7. The third-order valence-electron chi connectivity index (χ3n) is 12.1. The van der Waals surface area contributed by atoms with Crippen LogP contribution in [0.2, 0.25) is 0 Å². The molecule has 0 amide bonds. The smallest absolute Gasteiger partial charge is 0.312 e. The van der Waals surface area contributed by atoms with E-state index in [9.17, 15) is 4.79 Å². The molecular formula is C54H56O5S2. The molecule has 6 aromatic carbocycles. The van der Waals surface area contributed by atoms with Crippen molar-refractivity contribution in [3.63, 3.8) is 0 Å². The largest absolute Gasteiger partial charge is 0.489 e. The van der Waals surface area contributed by atoms with Crippen molar-refractivity contribution in [3.05, 3.63) is 192 Å². The van der Waals surface area contributed by atoms with E-state index in [2.05, 4.69) is 124 Å². The molecule has 7 heteroatoms. The summed E-state index contributed by atoms with van der Waals surface area (Å²) in [6.07, 6.45) is 2.82. The van der Waals surface area contributed by atoms with Gasteiger partial charge in [-0.05, 0) is 108 Å². The minimum absolute atomic E-state index is 0.0424. The van der Waals surface area contributed by atoms with E-state index in [1.807, 2.05) is 66.7 Å². The van der Waals surface area contributed by atoms with Crippen LogP contribution in [0.3, 0.4) is 0 Å². The zero-order chi connectivity index (χ0) is 42.0. The Labute approximate surface area is 370 Å². The quantitative estimate of drug-likeness (QED) is 0.0515. The molecule has 0 bridgehead atoms. The van der Waals surface area contributed by atoms with Gasteiger partial charge in [0, 0.05) is 9.79 Å². The van der Waals surface area contributed by atoms with Crippen LogP contribution in [0.1, 0.15) is 62.3 Å². The van der Waals surface area contributed by atoms with Gasteiger partial charge in [0.15, 0.2) is 0 Å². The summed E-state index contributed by atoms with van der Waals surface area (Å²) >= 11 is 3.55. The number of carbonyl (C=O) groups excluding carboxylic acids is 1. The van der Waals surface area contributed by atoms with Crippen LogP contribution in [0.15, 0.2) is 180 Å². The molecule has 2 aliphatic rings. The average Bonchev–Trinajstić information content (AvgIpc) is 3.59. The molecule has 314 valence electrons. The minimum Gasteiger partial charge on any atom is -0.489 e. The number of esters is 1. The first kappa shape index (κ1) is 42.7. The minimum atomic E-state index is -0.828. The molecule has 0 N–H and O–H groups in total. The van der Waals surface area contributed by atoms with Crippen molar-refractivity contribution in [1.82, 2.24) is 0 Å². The van der Waals surface area contributed by atoms with Crippen LogP contribution >= 0.6 is 23.5 Å². The van der Waals surface area contributed by atoms with E-state index in [1.54, 1.807) is 23.5 Å². The molecule has 0 spiro atoms. The first-order chi connectivity index (χ1) is 29.8. The molecule has 0 radical (unpaired) electrons. The van der Waals surface area contributed by atoms with Gasteiger partial charge >= 0.3 is 5.97 Å². The standard InChI is InChI=1S/C54H56O5S2/c1-38(2)48-31-30-39(3)32-50(48)58-53-51(49(52(55)59-53)34-42-22-16-24-44(33-42)56-36-40-18-8-4-9-19-40)54(60-46-26-12-6-13-27-46,61-47-28-14-7-15-29-47)43-23-17-25-45(35-43)57-37-41-20-10-5-11-21-41/h4-29,33,35,38-39,48-51,53H,30-32,34,36-37H2,1-3H3/t39-,48+,49-,50-,51-,53-/m1/s1. The van der Waals surface area contributed by atoms with E-state index in [4.69, 9.17) is 18.9 Å². The highest BCUT2D eigenvalue weighted by Crippen LogP contribution is 2.63. The number of thioether (sulfide) groups is 2. The molecule has 2 fully saturated rings. The molecule has 1 saturated heterocycles. The molecule has 61 heavy (non-hydrogen) atoms. The molecule has 0 unspecified atom stereocenters. The second kappa shape index (κ2) is 20.3. The Bertz CT molecular complexity index is 2250. The Kier molecular flexibility index (Phi) is 14.2. The van der Waals surface area contributed by atoms with Gasteiger partial charge < -0.3 is 18.9 Å². The van der Waals surface area contributed by atoms with Gasteiger partial charge in [-0.1, -0.05) is 149 Å². The van der Waals surface area contributed by atoms with Crippen LogP contribution in [0.25, 0.3) is 0 Å². The third kappa shape index (κ3) is 10.7. The topological polar surface area (TPSA) is 54.0 Å². The van der Waals surface area contributed by atoms with Gasteiger partial charge in [0.25, 0.3) is 0 Å². The number of benzene rings is 6. The Morgan fingerprint density at radius 1 is 0.639 bits per heavy atom. The fraction of sp³-hybridized carbons (Fsp3) is 0.315. The van der Waals surface area contributed by atoms with Crippen LogP contribution in [0, 0.1) is 29.6 Å². The maximum absolute atomic E-state index is 14.8. The summed E-state index contributed by atoms with van der Waals surface area (Å²) in [5.74, 6) is 1.62. The van der Waals surface area contributed by atoms with Crippen molar-refractivity contribution in [2.75, 3.05) is 0 Å². The summed E-state index contributed by atoms with van der Waals surface area (Å²) in [5.41, 5.74) is 4.23. The molecule has 8 rings (SSSR count). The summed E-state index contributed by atoms with van der Waals surface area (Å²) < 4.78 is 26.1. The molecule has 1 saturated carbocycles. The summed E-state index contributed by atoms with van der Waals surface area (Å²) in [6.45, 7) is 7.81. The lowest BCUT2D eigenvalue weighted by atomic mass is 9.75. The van der Waals surface area contributed by atoms with Gasteiger partial charge in [-0.3, -0.25) is 4.79 Å². The summed E-state index contributed by atoms with van der Waals surface area (Å²) in [6, 6.07) is 58.2. The van der Waals surface area contributed by atoms with Gasteiger partial charge in [-0.25, -0.2) is 0 Å². The summed E-state index contributed by atoms with van der Waals surface area (Å²) in [5, 5.41) is 0. The Morgan fingerprint density at radius 3 is 1.74 bits per heavy atom. The van der Waals surface area contributed by atoms with E-state index in [0.717, 1.165) is 56.4 Å². The predicted molar refractivity (Wildman–Crippen MR) is 247 cm³/mol. The Morgan fingerprint density at radius 2 is 1.16 bits per heavy atom. The lowest BCUT2D eigenvalue weighted by Gasteiger charge is -2.44. The Balaban J connectivity index is 1.25. The lowest BCUT2D eigenvalue weighted by molar-refractivity contribution is -0.196. The van der Waals surface area contributed by atoms with Gasteiger partial charge in [0.2, 0.25) is 6.29 Å². The molecule has 1 heterocycles. The number of rotatable bonds is 17. The van der Waals surface area contributed by atoms with Crippen LogP contribution in [0.5, 0.6) is 11.5 Å². The van der Waals surface area contributed by atoms with Crippen molar-refractivity contribution in [2.45, 2.75) is 85.9 Å². The highest BCUT2D eigenvalue weighted by Gasteiger charge is 2.59. The van der Waals surface area contributed by atoms with Crippen molar-refractivity contribution in [2.24, 2.45) is 29.6 Å². The molecule has 5 nitrogen and oxygen atoms in total. The summed E-state index contributed by atoms with van der Waals surface area (Å²) in [4.78, 5) is 17.0. The van der Waals surface area contributed by atoms with Crippen molar-refractivity contribution >= 4 is 29.5 Å². The summed E-state index contributed by atoms with van der Waals surface area (Å²) in [7, 11) is 0. The zero-order valence-electron chi connectivity index (χ0n) is 35.3. The zero-order valence-corrected chi connectivity index (χ0v) is 36.9. The average molecular weight is 849 g/mol. The molecule has 1 aliphatic heterocycles. The number of cyclic esters (lactones) is 1. The fourth-order valence-electron chi connectivity index (χ4n) is 8.92. The Hall–Kier alpha value is -4.95.